The summed E-state index contributed by atoms with van der Waals surface area (Å²) >= 11 is 0. The summed E-state index contributed by atoms with van der Waals surface area (Å²) in [5, 5.41) is 0. The van der Waals surface area contributed by atoms with Crippen LogP contribution in [0.25, 0.3) is 0 Å². The van der Waals surface area contributed by atoms with E-state index in [0.29, 0.717) is 6.42 Å². The molecule has 20 heavy (non-hydrogen) atoms. The third-order valence-electron chi connectivity index (χ3n) is 2.78. The van der Waals surface area contributed by atoms with Crippen molar-refractivity contribution in [2.75, 3.05) is 0 Å². The maximum Gasteiger partial charge on any atom is 0.340 e. The molecule has 0 saturated heterocycles. The maximum atomic E-state index is 12.1. The Morgan fingerprint density at radius 2 is 2.00 bits per heavy atom. The molecule has 1 rings (SSSR count). The zero-order chi connectivity index (χ0) is 15.3. The molecule has 1 aromatic heterocycles. The van der Waals surface area contributed by atoms with Gasteiger partial charge in [-0.25, -0.2) is 4.79 Å². The van der Waals surface area contributed by atoms with Crippen LogP contribution in [0.5, 0.6) is 0 Å². The highest BCUT2D eigenvalue weighted by atomic mass is 16.5. The van der Waals surface area contributed by atoms with Gasteiger partial charge in [-0.1, -0.05) is 20.8 Å². The van der Waals surface area contributed by atoms with Gasteiger partial charge in [-0.2, -0.15) is 0 Å². The fourth-order valence-electron chi connectivity index (χ4n) is 1.52. The van der Waals surface area contributed by atoms with E-state index >= 15 is 0 Å². The van der Waals surface area contributed by atoms with E-state index in [0.717, 1.165) is 0 Å². The van der Waals surface area contributed by atoms with Crippen LogP contribution in [0.1, 0.15) is 47.9 Å². The van der Waals surface area contributed by atoms with Crippen LogP contribution in [0.4, 0.5) is 0 Å². The average Bonchev–Trinajstić information content (AvgIpc) is 2.37. The summed E-state index contributed by atoms with van der Waals surface area (Å²) in [6.07, 6.45) is 7.81. The Morgan fingerprint density at radius 1 is 1.40 bits per heavy atom. The third kappa shape index (κ3) is 4.09. The Labute approximate surface area is 118 Å². The standard InChI is InChI=1S/C15H18N2O3/c1-5-6-12(15(2,3)4)20-14(19)11-7-10(13(16)18)8-17-9-11/h1,7-9,12H,6H2,2-4H3,(H2,16,18). The van der Waals surface area contributed by atoms with Crippen LogP contribution in [0.15, 0.2) is 18.5 Å². The lowest BCUT2D eigenvalue weighted by molar-refractivity contribution is -0.000584. The molecule has 106 valence electrons. The van der Waals surface area contributed by atoms with Gasteiger partial charge >= 0.3 is 5.97 Å². The van der Waals surface area contributed by atoms with Crippen molar-refractivity contribution in [1.82, 2.24) is 4.98 Å². The molecule has 0 spiro atoms. The van der Waals surface area contributed by atoms with Gasteiger partial charge in [0.1, 0.15) is 6.10 Å². The number of pyridine rings is 1. The molecular formula is C15H18N2O3. The van der Waals surface area contributed by atoms with E-state index in [-0.39, 0.29) is 16.5 Å². The summed E-state index contributed by atoms with van der Waals surface area (Å²) < 4.78 is 5.40. The monoisotopic (exact) mass is 274 g/mol. The van der Waals surface area contributed by atoms with Crippen LogP contribution < -0.4 is 5.73 Å². The number of carbonyl (C=O) groups is 2. The second-order valence-electron chi connectivity index (χ2n) is 5.49. The highest BCUT2D eigenvalue weighted by Gasteiger charge is 2.28. The molecular weight excluding hydrogens is 256 g/mol. The number of terminal acetylenes is 1. The van der Waals surface area contributed by atoms with Gasteiger partial charge in [-0.3, -0.25) is 9.78 Å². The molecule has 1 atom stereocenters. The van der Waals surface area contributed by atoms with E-state index in [1.165, 1.54) is 18.5 Å². The smallest absolute Gasteiger partial charge is 0.340 e. The lowest BCUT2D eigenvalue weighted by Gasteiger charge is -2.28. The fraction of sp³-hybridized carbons (Fsp3) is 0.400. The number of primary amides is 1. The molecule has 0 aliphatic heterocycles. The Morgan fingerprint density at radius 3 is 2.50 bits per heavy atom. The van der Waals surface area contributed by atoms with E-state index < -0.39 is 18.0 Å². The van der Waals surface area contributed by atoms with Crippen molar-refractivity contribution < 1.29 is 14.3 Å². The Bertz CT molecular complexity index is 553. The molecule has 0 aromatic carbocycles. The summed E-state index contributed by atoms with van der Waals surface area (Å²) in [5.74, 6) is 1.27. The predicted octanol–water partition coefficient (Wildman–Crippen LogP) is 1.78. The van der Waals surface area contributed by atoms with Crippen LogP contribution >= 0.6 is 0 Å². The lowest BCUT2D eigenvalue weighted by atomic mass is 9.87. The Balaban J connectivity index is 2.92. The van der Waals surface area contributed by atoms with Gasteiger partial charge in [-0.05, 0) is 11.5 Å². The number of amides is 1. The maximum absolute atomic E-state index is 12.1. The largest absolute Gasteiger partial charge is 0.457 e. The van der Waals surface area contributed by atoms with Crippen molar-refractivity contribution in [2.24, 2.45) is 11.1 Å². The van der Waals surface area contributed by atoms with Crippen LogP contribution in [-0.4, -0.2) is 23.0 Å². The van der Waals surface area contributed by atoms with Crippen molar-refractivity contribution in [1.29, 1.82) is 0 Å². The number of hydrogen-bond donors (Lipinski definition) is 1. The molecule has 5 nitrogen and oxygen atoms in total. The zero-order valence-corrected chi connectivity index (χ0v) is 11.8. The van der Waals surface area contributed by atoms with Gasteiger partial charge in [-0.15, -0.1) is 12.3 Å². The molecule has 1 aromatic rings. The first-order chi connectivity index (χ1) is 9.25. The molecule has 0 aliphatic rings. The van der Waals surface area contributed by atoms with E-state index in [1.807, 2.05) is 20.8 Å². The van der Waals surface area contributed by atoms with Crippen molar-refractivity contribution >= 4 is 11.9 Å². The normalized spacial score (nSPS) is 12.3. The number of nitrogens with two attached hydrogens (primary N) is 1. The molecule has 0 aliphatic carbocycles. The van der Waals surface area contributed by atoms with Gasteiger partial charge in [0.15, 0.2) is 0 Å². The quantitative estimate of drug-likeness (QED) is 0.670. The van der Waals surface area contributed by atoms with E-state index in [1.54, 1.807) is 0 Å². The first-order valence-corrected chi connectivity index (χ1v) is 6.15. The third-order valence-corrected chi connectivity index (χ3v) is 2.78. The number of rotatable bonds is 4. The topological polar surface area (TPSA) is 82.3 Å². The molecule has 1 heterocycles. The molecule has 0 saturated carbocycles. The average molecular weight is 274 g/mol. The molecule has 1 amide bonds. The molecule has 2 N–H and O–H groups in total. The number of esters is 1. The molecule has 0 radical (unpaired) electrons. The lowest BCUT2D eigenvalue weighted by Crippen LogP contribution is -2.31. The van der Waals surface area contributed by atoms with Crippen molar-refractivity contribution in [3.05, 3.63) is 29.6 Å². The minimum absolute atomic E-state index is 0.156. The number of carbonyl (C=O) groups excluding carboxylic acids is 2. The van der Waals surface area contributed by atoms with Gasteiger partial charge < -0.3 is 10.5 Å². The summed E-state index contributed by atoms with van der Waals surface area (Å²) in [5.41, 5.74) is 5.19. The van der Waals surface area contributed by atoms with Gasteiger partial charge in [0.2, 0.25) is 5.91 Å². The number of hydrogen-bond acceptors (Lipinski definition) is 4. The SMILES string of the molecule is C#CCC(OC(=O)c1cncc(C(N)=O)c1)C(C)(C)C. The van der Waals surface area contributed by atoms with Crippen molar-refractivity contribution in [2.45, 2.75) is 33.3 Å². The molecule has 5 heteroatoms. The van der Waals surface area contributed by atoms with Crippen LogP contribution in [0, 0.1) is 17.8 Å². The highest BCUT2D eigenvalue weighted by Crippen LogP contribution is 2.25. The Kier molecular flexibility index (Phi) is 4.87. The minimum atomic E-state index is -0.650. The first kappa shape index (κ1) is 15.7. The number of nitrogens with zero attached hydrogens (tertiary/aromatic N) is 1. The first-order valence-electron chi connectivity index (χ1n) is 6.15. The summed E-state index contributed by atoms with van der Waals surface area (Å²) in [6, 6.07) is 1.35. The number of ether oxygens (including phenoxy) is 1. The van der Waals surface area contributed by atoms with Crippen molar-refractivity contribution in [3.63, 3.8) is 0 Å². The second-order valence-corrected chi connectivity index (χ2v) is 5.49. The van der Waals surface area contributed by atoms with Gasteiger partial charge in [0.25, 0.3) is 0 Å². The van der Waals surface area contributed by atoms with Crippen LogP contribution in [-0.2, 0) is 4.74 Å². The summed E-state index contributed by atoms with van der Waals surface area (Å²) in [4.78, 5) is 26.9. The van der Waals surface area contributed by atoms with E-state index in [9.17, 15) is 9.59 Å². The minimum Gasteiger partial charge on any atom is -0.457 e. The van der Waals surface area contributed by atoms with Crippen molar-refractivity contribution in [3.8, 4) is 12.3 Å². The molecule has 0 fully saturated rings. The van der Waals surface area contributed by atoms with E-state index in [4.69, 9.17) is 16.9 Å². The van der Waals surface area contributed by atoms with Crippen LogP contribution in [0.2, 0.25) is 0 Å². The fourth-order valence-corrected chi connectivity index (χ4v) is 1.52. The summed E-state index contributed by atoms with van der Waals surface area (Å²) in [6.45, 7) is 5.79. The zero-order valence-electron chi connectivity index (χ0n) is 11.8. The Hall–Kier alpha value is -2.35. The van der Waals surface area contributed by atoms with Gasteiger partial charge in [0, 0.05) is 18.8 Å². The molecule has 1 unspecified atom stereocenters. The van der Waals surface area contributed by atoms with Gasteiger partial charge in [0.05, 0.1) is 11.1 Å². The van der Waals surface area contributed by atoms with Crippen LogP contribution in [0.3, 0.4) is 0 Å². The van der Waals surface area contributed by atoms with E-state index in [2.05, 4.69) is 10.9 Å². The highest BCUT2D eigenvalue weighted by molar-refractivity contribution is 5.96. The summed E-state index contributed by atoms with van der Waals surface area (Å²) in [7, 11) is 0. The second kappa shape index (κ2) is 6.20. The number of aromatic nitrogens is 1. The molecule has 0 bridgehead atoms. The predicted molar refractivity (Wildman–Crippen MR) is 74.9 cm³/mol.